The van der Waals surface area contributed by atoms with Crippen LogP contribution in [0.3, 0.4) is 0 Å². The molecule has 0 saturated heterocycles. The first-order valence-corrected chi connectivity index (χ1v) is 6.69. The van der Waals surface area contributed by atoms with Crippen LogP contribution in [0.2, 0.25) is 10.0 Å². The van der Waals surface area contributed by atoms with Gasteiger partial charge in [-0.05, 0) is 25.1 Å². The third-order valence-electron chi connectivity index (χ3n) is 1.72. The van der Waals surface area contributed by atoms with Crippen molar-refractivity contribution in [1.82, 2.24) is 4.72 Å². The average molecular weight is 284 g/mol. The summed E-state index contributed by atoms with van der Waals surface area (Å²) < 4.78 is 25.6. The molecule has 0 fully saturated rings. The van der Waals surface area contributed by atoms with Crippen molar-refractivity contribution in [3.8, 4) is 0 Å². The van der Waals surface area contributed by atoms with Crippen molar-refractivity contribution >= 4 is 33.2 Å². The first-order chi connectivity index (χ1) is 7.31. The monoisotopic (exact) mass is 283 g/mol. The SMILES string of the molecule is CC(O)CNS(=O)(=O)c1cc(Cl)cc(Cl)c1. The summed E-state index contributed by atoms with van der Waals surface area (Å²) in [6, 6.07) is 4.02. The number of nitrogens with one attached hydrogen (secondary N) is 1. The third kappa shape index (κ3) is 3.92. The number of halogens is 2. The zero-order valence-electron chi connectivity index (χ0n) is 8.44. The Hall–Kier alpha value is -0.330. The maximum absolute atomic E-state index is 11.7. The summed E-state index contributed by atoms with van der Waals surface area (Å²) in [5, 5.41) is 9.47. The van der Waals surface area contributed by atoms with Crippen LogP contribution in [0.4, 0.5) is 0 Å². The van der Waals surface area contributed by atoms with Crippen LogP contribution in [-0.4, -0.2) is 26.2 Å². The fourth-order valence-electron chi connectivity index (χ4n) is 0.997. The van der Waals surface area contributed by atoms with Crippen LogP contribution in [0.1, 0.15) is 6.92 Å². The molecule has 0 bridgehead atoms. The van der Waals surface area contributed by atoms with Crippen molar-refractivity contribution < 1.29 is 13.5 Å². The Balaban J connectivity index is 2.98. The van der Waals surface area contributed by atoms with E-state index in [4.69, 9.17) is 28.3 Å². The van der Waals surface area contributed by atoms with Gasteiger partial charge >= 0.3 is 0 Å². The molecule has 1 unspecified atom stereocenters. The number of benzene rings is 1. The largest absolute Gasteiger partial charge is 0.392 e. The minimum absolute atomic E-state index is 0.0225. The molecule has 90 valence electrons. The summed E-state index contributed by atoms with van der Waals surface area (Å²) in [5.74, 6) is 0. The van der Waals surface area contributed by atoms with Crippen LogP contribution in [0.15, 0.2) is 23.1 Å². The molecule has 0 aliphatic rings. The number of rotatable bonds is 4. The molecule has 1 aromatic carbocycles. The number of aliphatic hydroxyl groups excluding tert-OH is 1. The molecule has 1 rings (SSSR count). The summed E-state index contributed by atoms with van der Waals surface area (Å²) in [4.78, 5) is -0.0225. The van der Waals surface area contributed by atoms with E-state index in [1.807, 2.05) is 0 Å². The van der Waals surface area contributed by atoms with Gasteiger partial charge in [0.05, 0.1) is 11.0 Å². The maximum atomic E-state index is 11.7. The van der Waals surface area contributed by atoms with Gasteiger partial charge in [0.2, 0.25) is 10.0 Å². The minimum atomic E-state index is -3.68. The zero-order chi connectivity index (χ0) is 12.3. The predicted molar refractivity (Wildman–Crippen MR) is 63.3 cm³/mol. The van der Waals surface area contributed by atoms with E-state index in [-0.39, 0.29) is 21.5 Å². The van der Waals surface area contributed by atoms with E-state index < -0.39 is 16.1 Å². The summed E-state index contributed by atoms with van der Waals surface area (Å²) in [6.07, 6.45) is -0.760. The van der Waals surface area contributed by atoms with Crippen LogP contribution in [0.25, 0.3) is 0 Å². The van der Waals surface area contributed by atoms with Crippen LogP contribution in [0, 0.1) is 0 Å². The second-order valence-electron chi connectivity index (χ2n) is 3.31. The van der Waals surface area contributed by atoms with E-state index in [9.17, 15) is 8.42 Å². The second kappa shape index (κ2) is 5.33. The highest BCUT2D eigenvalue weighted by Crippen LogP contribution is 2.22. The first kappa shape index (κ1) is 13.7. The quantitative estimate of drug-likeness (QED) is 0.883. The molecule has 0 radical (unpaired) electrons. The van der Waals surface area contributed by atoms with Crippen molar-refractivity contribution in [3.05, 3.63) is 28.2 Å². The minimum Gasteiger partial charge on any atom is -0.392 e. The second-order valence-corrected chi connectivity index (χ2v) is 5.95. The van der Waals surface area contributed by atoms with Crippen molar-refractivity contribution in [2.75, 3.05) is 6.54 Å². The van der Waals surface area contributed by atoms with E-state index in [0.717, 1.165) is 0 Å². The van der Waals surface area contributed by atoms with Crippen molar-refractivity contribution in [3.63, 3.8) is 0 Å². The number of hydrogen-bond acceptors (Lipinski definition) is 3. The highest BCUT2D eigenvalue weighted by Gasteiger charge is 2.15. The molecule has 0 amide bonds. The van der Waals surface area contributed by atoms with Gasteiger partial charge in [-0.3, -0.25) is 0 Å². The smallest absolute Gasteiger partial charge is 0.240 e. The molecule has 2 N–H and O–H groups in total. The number of aliphatic hydroxyl groups is 1. The molecule has 4 nitrogen and oxygen atoms in total. The summed E-state index contributed by atoms with van der Waals surface area (Å²) >= 11 is 11.4. The Morgan fingerprint density at radius 2 is 1.81 bits per heavy atom. The Labute approximate surface area is 104 Å². The van der Waals surface area contributed by atoms with Gasteiger partial charge in [-0.15, -0.1) is 0 Å². The average Bonchev–Trinajstić information content (AvgIpc) is 2.13. The molecule has 16 heavy (non-hydrogen) atoms. The number of hydrogen-bond donors (Lipinski definition) is 2. The number of sulfonamides is 1. The van der Waals surface area contributed by atoms with Gasteiger partial charge in [-0.25, -0.2) is 13.1 Å². The molecular weight excluding hydrogens is 273 g/mol. The lowest BCUT2D eigenvalue weighted by molar-refractivity contribution is 0.198. The van der Waals surface area contributed by atoms with Crippen LogP contribution in [-0.2, 0) is 10.0 Å². The standard InChI is InChI=1S/C9H11Cl2NO3S/c1-6(13)5-12-16(14,15)9-3-7(10)2-8(11)4-9/h2-4,6,12-13H,5H2,1H3. The Kier molecular flexibility index (Phi) is 4.58. The van der Waals surface area contributed by atoms with Gasteiger partial charge < -0.3 is 5.11 Å². The molecule has 0 aliphatic carbocycles. The molecule has 0 spiro atoms. The van der Waals surface area contributed by atoms with E-state index in [1.165, 1.54) is 25.1 Å². The van der Waals surface area contributed by atoms with Gasteiger partial charge in [-0.1, -0.05) is 23.2 Å². The topological polar surface area (TPSA) is 66.4 Å². The molecule has 0 aliphatic heterocycles. The predicted octanol–water partition coefficient (Wildman–Crippen LogP) is 1.65. The van der Waals surface area contributed by atoms with Crippen molar-refractivity contribution in [1.29, 1.82) is 0 Å². The van der Waals surface area contributed by atoms with Crippen LogP contribution in [0.5, 0.6) is 0 Å². The van der Waals surface area contributed by atoms with Gasteiger partial charge in [0.1, 0.15) is 0 Å². The molecule has 0 heterocycles. The van der Waals surface area contributed by atoms with E-state index in [1.54, 1.807) is 0 Å². The molecule has 1 atom stereocenters. The Bertz CT molecular complexity index is 453. The lowest BCUT2D eigenvalue weighted by Gasteiger charge is -2.08. The van der Waals surface area contributed by atoms with Crippen LogP contribution < -0.4 is 4.72 Å². The molecule has 7 heteroatoms. The van der Waals surface area contributed by atoms with Gasteiger partial charge in [0.15, 0.2) is 0 Å². The highest BCUT2D eigenvalue weighted by atomic mass is 35.5. The summed E-state index contributed by atoms with van der Waals surface area (Å²) in [7, 11) is -3.68. The molecule has 1 aromatic rings. The van der Waals surface area contributed by atoms with Crippen molar-refractivity contribution in [2.45, 2.75) is 17.9 Å². The summed E-state index contributed by atoms with van der Waals surface area (Å²) in [5.41, 5.74) is 0. The highest BCUT2D eigenvalue weighted by molar-refractivity contribution is 7.89. The molecule has 0 aromatic heterocycles. The van der Waals surface area contributed by atoms with E-state index >= 15 is 0 Å². The van der Waals surface area contributed by atoms with Gasteiger partial charge in [-0.2, -0.15) is 0 Å². The Morgan fingerprint density at radius 3 is 2.25 bits per heavy atom. The Morgan fingerprint density at radius 1 is 1.31 bits per heavy atom. The van der Waals surface area contributed by atoms with Gasteiger partial charge in [0.25, 0.3) is 0 Å². The van der Waals surface area contributed by atoms with Gasteiger partial charge in [0, 0.05) is 16.6 Å². The lowest BCUT2D eigenvalue weighted by atomic mass is 10.4. The maximum Gasteiger partial charge on any atom is 0.240 e. The third-order valence-corrected chi connectivity index (χ3v) is 3.55. The van der Waals surface area contributed by atoms with Crippen molar-refractivity contribution in [2.24, 2.45) is 0 Å². The molecule has 0 saturated carbocycles. The summed E-state index contributed by atoms with van der Waals surface area (Å²) in [6.45, 7) is 1.42. The zero-order valence-corrected chi connectivity index (χ0v) is 10.8. The fourth-order valence-corrected chi connectivity index (χ4v) is 2.84. The van der Waals surface area contributed by atoms with Crippen LogP contribution >= 0.6 is 23.2 Å². The lowest BCUT2D eigenvalue weighted by Crippen LogP contribution is -2.30. The fraction of sp³-hybridized carbons (Fsp3) is 0.333. The normalized spacial score (nSPS) is 13.8. The van der Waals surface area contributed by atoms with E-state index in [0.29, 0.717) is 0 Å². The van der Waals surface area contributed by atoms with E-state index in [2.05, 4.69) is 4.72 Å². The molecular formula is C9H11Cl2NO3S. The first-order valence-electron chi connectivity index (χ1n) is 4.45.